The fraction of sp³-hybridized carbons (Fsp3) is 0.909. The summed E-state index contributed by atoms with van der Waals surface area (Å²) < 4.78 is 37.3. The fourth-order valence-corrected chi connectivity index (χ4v) is 2.31. The minimum absolute atomic E-state index is 0.0785. The van der Waals surface area contributed by atoms with Gasteiger partial charge in [-0.2, -0.15) is 13.2 Å². The van der Waals surface area contributed by atoms with Crippen LogP contribution in [-0.2, 0) is 4.79 Å². The lowest BCUT2D eigenvalue weighted by atomic mass is 9.88. The van der Waals surface area contributed by atoms with Gasteiger partial charge >= 0.3 is 12.1 Å². The van der Waals surface area contributed by atoms with Crippen molar-refractivity contribution < 1.29 is 23.1 Å². The molecule has 1 unspecified atom stereocenters. The lowest BCUT2D eigenvalue weighted by Gasteiger charge is -2.21. The normalized spacial score (nSPS) is 21.4. The van der Waals surface area contributed by atoms with Crippen molar-refractivity contribution in [1.82, 2.24) is 0 Å². The van der Waals surface area contributed by atoms with Crippen molar-refractivity contribution in [3.63, 3.8) is 0 Å². The first kappa shape index (κ1) is 13.3. The van der Waals surface area contributed by atoms with Crippen molar-refractivity contribution >= 4 is 5.97 Å². The highest BCUT2D eigenvalue weighted by atomic mass is 19.4. The second kappa shape index (κ2) is 5.55. The first-order chi connectivity index (χ1) is 7.41. The quantitative estimate of drug-likeness (QED) is 0.762. The fourth-order valence-electron chi connectivity index (χ4n) is 2.31. The van der Waals surface area contributed by atoms with E-state index < -0.39 is 18.1 Å². The van der Waals surface area contributed by atoms with Crippen LogP contribution in [0.2, 0.25) is 0 Å². The first-order valence-electron chi connectivity index (χ1n) is 5.71. The number of rotatable bonds is 3. The smallest absolute Gasteiger partial charge is 0.402 e. The van der Waals surface area contributed by atoms with Gasteiger partial charge in [0.15, 0.2) is 5.92 Å². The highest BCUT2D eigenvalue weighted by Gasteiger charge is 2.45. The number of halogens is 3. The lowest BCUT2D eigenvalue weighted by molar-refractivity contribution is -0.196. The molecule has 0 aliphatic heterocycles. The molecule has 94 valence electrons. The Morgan fingerprint density at radius 3 is 2.06 bits per heavy atom. The second-order valence-corrected chi connectivity index (χ2v) is 4.53. The van der Waals surface area contributed by atoms with Crippen molar-refractivity contribution in [3.05, 3.63) is 0 Å². The number of carbonyl (C=O) groups is 1. The van der Waals surface area contributed by atoms with Crippen molar-refractivity contribution in [2.24, 2.45) is 11.8 Å². The van der Waals surface area contributed by atoms with Crippen molar-refractivity contribution in [2.75, 3.05) is 0 Å². The summed E-state index contributed by atoms with van der Waals surface area (Å²) >= 11 is 0. The summed E-state index contributed by atoms with van der Waals surface area (Å²) in [6.45, 7) is 0. The highest BCUT2D eigenvalue weighted by Crippen LogP contribution is 2.35. The van der Waals surface area contributed by atoms with Gasteiger partial charge in [-0.25, -0.2) is 0 Å². The number of carboxylic acids is 1. The van der Waals surface area contributed by atoms with E-state index in [-0.39, 0.29) is 12.3 Å². The average Bonchev–Trinajstić information content (AvgIpc) is 2.39. The topological polar surface area (TPSA) is 37.3 Å². The monoisotopic (exact) mass is 238 g/mol. The molecule has 1 atom stereocenters. The molecule has 0 radical (unpaired) electrons. The van der Waals surface area contributed by atoms with Crippen LogP contribution in [0.15, 0.2) is 0 Å². The Balaban J connectivity index is 2.56. The van der Waals surface area contributed by atoms with Gasteiger partial charge in [0.25, 0.3) is 0 Å². The van der Waals surface area contributed by atoms with Crippen LogP contribution in [0.5, 0.6) is 0 Å². The van der Waals surface area contributed by atoms with Gasteiger partial charge in [0.05, 0.1) is 0 Å². The van der Waals surface area contributed by atoms with Crippen LogP contribution >= 0.6 is 0 Å². The molecule has 1 aliphatic rings. The van der Waals surface area contributed by atoms with Crippen molar-refractivity contribution in [2.45, 2.75) is 51.1 Å². The van der Waals surface area contributed by atoms with Gasteiger partial charge in [-0.05, 0) is 12.3 Å². The maximum Gasteiger partial charge on any atom is 0.402 e. The summed E-state index contributed by atoms with van der Waals surface area (Å²) in [5.41, 5.74) is 0. The number of aliphatic carboxylic acids is 1. The third kappa shape index (κ3) is 4.02. The van der Waals surface area contributed by atoms with Gasteiger partial charge in [0.1, 0.15) is 0 Å². The molecule has 0 bridgehead atoms. The van der Waals surface area contributed by atoms with Gasteiger partial charge in [-0.15, -0.1) is 0 Å². The van der Waals surface area contributed by atoms with E-state index in [0.29, 0.717) is 0 Å². The predicted octanol–water partition coefficient (Wildman–Crippen LogP) is 3.61. The zero-order valence-electron chi connectivity index (χ0n) is 9.09. The van der Waals surface area contributed by atoms with Crippen LogP contribution < -0.4 is 0 Å². The first-order valence-corrected chi connectivity index (χ1v) is 5.71. The number of alkyl halides is 3. The zero-order chi connectivity index (χ0) is 12.2. The van der Waals surface area contributed by atoms with Gasteiger partial charge in [-0.3, -0.25) is 4.79 Å². The Kier molecular flexibility index (Phi) is 4.62. The molecule has 0 spiro atoms. The summed E-state index contributed by atoms with van der Waals surface area (Å²) in [7, 11) is 0. The largest absolute Gasteiger partial charge is 0.481 e. The van der Waals surface area contributed by atoms with Gasteiger partial charge in [-0.1, -0.05) is 38.5 Å². The molecule has 5 heteroatoms. The molecule has 2 nitrogen and oxygen atoms in total. The molecular weight excluding hydrogens is 221 g/mol. The van der Waals surface area contributed by atoms with Crippen LogP contribution in [0, 0.1) is 11.8 Å². The Morgan fingerprint density at radius 1 is 1.19 bits per heavy atom. The summed E-state index contributed by atoms with van der Waals surface area (Å²) in [4.78, 5) is 10.6. The minimum atomic E-state index is -4.61. The number of carboxylic acid groups (broad SMARTS) is 1. The van der Waals surface area contributed by atoms with Gasteiger partial charge in [0, 0.05) is 0 Å². The number of hydrogen-bond donors (Lipinski definition) is 1. The van der Waals surface area contributed by atoms with E-state index in [4.69, 9.17) is 5.11 Å². The molecule has 16 heavy (non-hydrogen) atoms. The molecule has 0 saturated heterocycles. The van der Waals surface area contributed by atoms with E-state index in [1.807, 2.05) is 0 Å². The molecule has 0 aromatic heterocycles. The molecule has 0 aromatic carbocycles. The van der Waals surface area contributed by atoms with Crippen molar-refractivity contribution in [3.8, 4) is 0 Å². The minimum Gasteiger partial charge on any atom is -0.481 e. The standard InChI is InChI=1S/C11H17F3O2/c12-11(13,14)9(10(15)16)7-8-5-3-1-2-4-6-8/h8-9H,1-7H2,(H,15,16). The third-order valence-corrected chi connectivity index (χ3v) is 3.24. The maximum atomic E-state index is 12.4. The van der Waals surface area contributed by atoms with Crippen LogP contribution in [0.1, 0.15) is 44.9 Å². The van der Waals surface area contributed by atoms with Gasteiger partial charge in [0.2, 0.25) is 0 Å². The van der Waals surface area contributed by atoms with E-state index in [2.05, 4.69) is 0 Å². The Bertz CT molecular complexity index is 230. The molecule has 0 heterocycles. The second-order valence-electron chi connectivity index (χ2n) is 4.53. The average molecular weight is 238 g/mol. The van der Waals surface area contributed by atoms with Gasteiger partial charge < -0.3 is 5.11 Å². The third-order valence-electron chi connectivity index (χ3n) is 3.24. The summed E-state index contributed by atoms with van der Waals surface area (Å²) in [6.07, 6.45) is 0.570. The molecular formula is C11H17F3O2. The van der Waals surface area contributed by atoms with E-state index in [0.717, 1.165) is 38.5 Å². The zero-order valence-corrected chi connectivity index (χ0v) is 9.09. The Morgan fingerprint density at radius 2 is 1.69 bits per heavy atom. The van der Waals surface area contributed by atoms with Crippen LogP contribution in [0.4, 0.5) is 13.2 Å². The van der Waals surface area contributed by atoms with Crippen LogP contribution in [0.3, 0.4) is 0 Å². The Hall–Kier alpha value is -0.740. The van der Waals surface area contributed by atoms with E-state index in [1.54, 1.807) is 0 Å². The van der Waals surface area contributed by atoms with E-state index in [1.165, 1.54) is 0 Å². The van der Waals surface area contributed by atoms with Crippen molar-refractivity contribution in [1.29, 1.82) is 0 Å². The van der Waals surface area contributed by atoms with Crippen LogP contribution in [0.25, 0.3) is 0 Å². The molecule has 1 aliphatic carbocycles. The Labute approximate surface area is 92.8 Å². The molecule has 0 amide bonds. The summed E-state index contributed by atoms with van der Waals surface area (Å²) in [6, 6.07) is 0. The summed E-state index contributed by atoms with van der Waals surface area (Å²) in [5.74, 6) is -4.00. The molecule has 1 saturated carbocycles. The van der Waals surface area contributed by atoms with Crippen LogP contribution in [-0.4, -0.2) is 17.3 Å². The number of hydrogen-bond acceptors (Lipinski definition) is 1. The molecule has 1 fully saturated rings. The van der Waals surface area contributed by atoms with E-state index >= 15 is 0 Å². The maximum absolute atomic E-state index is 12.4. The summed E-state index contributed by atoms with van der Waals surface area (Å²) in [5, 5.41) is 8.59. The molecule has 0 aromatic rings. The molecule has 1 rings (SSSR count). The highest BCUT2D eigenvalue weighted by molar-refractivity contribution is 5.70. The predicted molar refractivity (Wildman–Crippen MR) is 53.0 cm³/mol. The SMILES string of the molecule is O=C(O)C(CC1CCCCCC1)C(F)(F)F. The lowest BCUT2D eigenvalue weighted by Crippen LogP contribution is -2.32. The van der Waals surface area contributed by atoms with E-state index in [9.17, 15) is 18.0 Å². The molecule has 1 N–H and O–H groups in total.